The zero-order valence-electron chi connectivity index (χ0n) is 11.4. The molecule has 0 aromatic heterocycles. The number of hydrogen-bond donors (Lipinski definition) is 2. The van der Waals surface area contributed by atoms with Gasteiger partial charge < -0.3 is 15.2 Å². The predicted octanol–water partition coefficient (Wildman–Crippen LogP) is 3.74. The van der Waals surface area contributed by atoms with Gasteiger partial charge >= 0.3 is 0 Å². The maximum absolute atomic E-state index is 7.41. The first kappa shape index (κ1) is 17.3. The van der Waals surface area contributed by atoms with E-state index in [2.05, 4.69) is 15.9 Å². The van der Waals surface area contributed by atoms with Gasteiger partial charge in [-0.1, -0.05) is 28.1 Å². The first-order valence-corrected chi connectivity index (χ1v) is 6.79. The van der Waals surface area contributed by atoms with Gasteiger partial charge in [0.05, 0.1) is 7.11 Å². The zero-order chi connectivity index (χ0) is 14.5. The lowest BCUT2D eigenvalue weighted by molar-refractivity contribution is 0.284. The molecule has 0 aliphatic carbocycles. The molecule has 0 unspecified atom stereocenters. The third kappa shape index (κ3) is 4.65. The minimum atomic E-state index is 0. The molecule has 0 saturated heterocycles. The van der Waals surface area contributed by atoms with Gasteiger partial charge in [-0.2, -0.15) is 0 Å². The second-order valence-corrected chi connectivity index (χ2v) is 5.11. The van der Waals surface area contributed by atoms with Crippen LogP contribution in [-0.2, 0) is 6.61 Å². The van der Waals surface area contributed by atoms with Crippen LogP contribution in [-0.4, -0.2) is 12.9 Å². The molecule has 0 amide bonds. The fourth-order valence-corrected chi connectivity index (χ4v) is 1.96. The summed E-state index contributed by atoms with van der Waals surface area (Å²) in [6, 6.07) is 13.1. The van der Waals surface area contributed by atoms with Crippen LogP contribution in [0, 0.1) is 5.41 Å². The maximum atomic E-state index is 7.41. The summed E-state index contributed by atoms with van der Waals surface area (Å²) in [4.78, 5) is 0. The second kappa shape index (κ2) is 7.90. The molecule has 0 saturated carbocycles. The Morgan fingerprint density at radius 1 is 1.14 bits per heavy atom. The lowest BCUT2D eigenvalue weighted by Gasteiger charge is -2.12. The van der Waals surface area contributed by atoms with Crippen molar-refractivity contribution >= 4 is 34.2 Å². The highest BCUT2D eigenvalue weighted by atomic mass is 79.9. The molecule has 2 aromatic carbocycles. The Hall–Kier alpha value is -1.72. The Bertz CT molecular complexity index is 618. The van der Waals surface area contributed by atoms with Crippen LogP contribution < -0.4 is 15.2 Å². The number of ether oxygens (including phenoxy) is 2. The van der Waals surface area contributed by atoms with E-state index >= 15 is 0 Å². The molecular formula is C15H16BrClN2O2. The van der Waals surface area contributed by atoms with Gasteiger partial charge in [0.1, 0.15) is 12.4 Å². The number of nitrogens with two attached hydrogens (primary N) is 1. The van der Waals surface area contributed by atoms with Crippen molar-refractivity contribution in [2.45, 2.75) is 6.61 Å². The van der Waals surface area contributed by atoms with Crippen molar-refractivity contribution in [1.29, 1.82) is 5.41 Å². The fraction of sp³-hybridized carbons (Fsp3) is 0.133. The van der Waals surface area contributed by atoms with Crippen molar-refractivity contribution in [3.05, 3.63) is 58.1 Å². The van der Waals surface area contributed by atoms with Crippen molar-refractivity contribution in [3.63, 3.8) is 0 Å². The molecule has 0 atom stereocenters. The van der Waals surface area contributed by atoms with E-state index in [0.29, 0.717) is 23.7 Å². The summed E-state index contributed by atoms with van der Waals surface area (Å²) >= 11 is 3.39. The Labute approximate surface area is 138 Å². The van der Waals surface area contributed by atoms with E-state index in [9.17, 15) is 0 Å². The van der Waals surface area contributed by atoms with E-state index in [1.165, 1.54) is 0 Å². The average molecular weight is 372 g/mol. The zero-order valence-corrected chi connectivity index (χ0v) is 13.8. The lowest BCUT2D eigenvalue weighted by Crippen LogP contribution is -2.11. The van der Waals surface area contributed by atoms with Crippen LogP contribution in [0.15, 0.2) is 46.9 Å². The Kier molecular flexibility index (Phi) is 6.52. The van der Waals surface area contributed by atoms with Crippen molar-refractivity contribution in [2.75, 3.05) is 7.11 Å². The first-order valence-electron chi connectivity index (χ1n) is 6.00. The van der Waals surface area contributed by atoms with Crippen LogP contribution in [0.25, 0.3) is 0 Å². The van der Waals surface area contributed by atoms with Crippen LogP contribution in [0.1, 0.15) is 11.1 Å². The van der Waals surface area contributed by atoms with E-state index in [1.54, 1.807) is 25.3 Å². The first-order chi connectivity index (χ1) is 9.60. The van der Waals surface area contributed by atoms with Crippen molar-refractivity contribution in [1.82, 2.24) is 0 Å². The molecule has 0 aliphatic heterocycles. The highest BCUT2D eigenvalue weighted by Crippen LogP contribution is 2.28. The Morgan fingerprint density at radius 3 is 2.38 bits per heavy atom. The van der Waals surface area contributed by atoms with Gasteiger partial charge in [-0.15, -0.1) is 12.4 Å². The van der Waals surface area contributed by atoms with Crippen molar-refractivity contribution in [3.8, 4) is 11.5 Å². The summed E-state index contributed by atoms with van der Waals surface area (Å²) in [6.07, 6.45) is 0. The van der Waals surface area contributed by atoms with Gasteiger partial charge in [0.2, 0.25) is 0 Å². The van der Waals surface area contributed by atoms with Crippen molar-refractivity contribution < 1.29 is 9.47 Å². The van der Waals surface area contributed by atoms with Gasteiger partial charge in [-0.05, 0) is 35.9 Å². The summed E-state index contributed by atoms with van der Waals surface area (Å²) in [5.74, 6) is 1.19. The van der Waals surface area contributed by atoms with Crippen LogP contribution in [0.2, 0.25) is 0 Å². The molecule has 0 spiro atoms. The number of hydrogen-bond acceptors (Lipinski definition) is 3. The summed E-state index contributed by atoms with van der Waals surface area (Å²) in [5, 5.41) is 7.41. The Balaban J connectivity index is 0.00000220. The van der Waals surface area contributed by atoms with Crippen LogP contribution in [0.5, 0.6) is 11.5 Å². The third-order valence-corrected chi connectivity index (χ3v) is 3.31. The molecule has 3 N–H and O–H groups in total. The standard InChI is InChI=1S/C15H15BrN2O2.ClH/c1-19-14-8-11(15(17)18)4-7-13(14)20-9-10-2-5-12(16)6-3-10;/h2-8H,9H2,1H3,(H3,17,18);1H. The molecule has 21 heavy (non-hydrogen) atoms. The molecule has 0 heterocycles. The van der Waals surface area contributed by atoms with E-state index in [0.717, 1.165) is 10.0 Å². The minimum Gasteiger partial charge on any atom is -0.493 e. The predicted molar refractivity (Wildman–Crippen MR) is 89.7 cm³/mol. The number of methoxy groups -OCH3 is 1. The number of amidine groups is 1. The Morgan fingerprint density at radius 2 is 1.81 bits per heavy atom. The smallest absolute Gasteiger partial charge is 0.161 e. The summed E-state index contributed by atoms with van der Waals surface area (Å²) in [5.41, 5.74) is 7.12. The quantitative estimate of drug-likeness (QED) is 0.621. The molecule has 0 radical (unpaired) electrons. The monoisotopic (exact) mass is 370 g/mol. The molecule has 0 aliphatic rings. The molecule has 112 valence electrons. The summed E-state index contributed by atoms with van der Waals surface area (Å²) < 4.78 is 12.0. The molecule has 4 nitrogen and oxygen atoms in total. The van der Waals surface area contributed by atoms with Gasteiger partial charge in [0, 0.05) is 10.0 Å². The van der Waals surface area contributed by atoms with Crippen LogP contribution in [0.4, 0.5) is 0 Å². The highest BCUT2D eigenvalue weighted by Gasteiger charge is 2.07. The van der Waals surface area contributed by atoms with Gasteiger partial charge in [-0.3, -0.25) is 5.41 Å². The van der Waals surface area contributed by atoms with Gasteiger partial charge in [0.25, 0.3) is 0 Å². The SMILES string of the molecule is COc1cc(C(=N)N)ccc1OCc1ccc(Br)cc1.Cl. The molecule has 0 fully saturated rings. The number of nitrogens with one attached hydrogen (secondary N) is 1. The molecule has 0 bridgehead atoms. The van der Waals surface area contributed by atoms with Crippen LogP contribution in [0.3, 0.4) is 0 Å². The number of nitrogen functional groups attached to an aromatic ring is 1. The summed E-state index contributed by atoms with van der Waals surface area (Å²) in [7, 11) is 1.56. The molecule has 2 aromatic rings. The van der Waals surface area contributed by atoms with Gasteiger partial charge in [-0.25, -0.2) is 0 Å². The largest absolute Gasteiger partial charge is 0.493 e. The fourth-order valence-electron chi connectivity index (χ4n) is 1.70. The van der Waals surface area contributed by atoms with E-state index < -0.39 is 0 Å². The number of halogens is 2. The second-order valence-electron chi connectivity index (χ2n) is 4.19. The van der Waals surface area contributed by atoms with Crippen LogP contribution >= 0.6 is 28.3 Å². The normalized spacial score (nSPS) is 9.62. The van der Waals surface area contributed by atoms with E-state index in [1.807, 2.05) is 24.3 Å². The van der Waals surface area contributed by atoms with Gasteiger partial charge in [0.15, 0.2) is 11.5 Å². The van der Waals surface area contributed by atoms with E-state index in [-0.39, 0.29) is 18.2 Å². The van der Waals surface area contributed by atoms with Crippen molar-refractivity contribution in [2.24, 2.45) is 5.73 Å². The number of benzene rings is 2. The lowest BCUT2D eigenvalue weighted by atomic mass is 10.2. The minimum absolute atomic E-state index is 0. The molecule has 2 rings (SSSR count). The average Bonchev–Trinajstić information content (AvgIpc) is 2.46. The topological polar surface area (TPSA) is 68.3 Å². The summed E-state index contributed by atoms with van der Waals surface area (Å²) in [6.45, 7) is 0.447. The maximum Gasteiger partial charge on any atom is 0.161 e. The molecular weight excluding hydrogens is 356 g/mol. The van der Waals surface area contributed by atoms with E-state index in [4.69, 9.17) is 20.6 Å². The molecule has 6 heteroatoms. The third-order valence-electron chi connectivity index (χ3n) is 2.78. The number of rotatable bonds is 5. The highest BCUT2D eigenvalue weighted by molar-refractivity contribution is 9.10.